The summed E-state index contributed by atoms with van der Waals surface area (Å²) in [6.45, 7) is -0.347. The van der Waals surface area contributed by atoms with Crippen LogP contribution in [0.25, 0.3) is 0 Å². The highest BCUT2D eigenvalue weighted by molar-refractivity contribution is 7.92. The van der Waals surface area contributed by atoms with E-state index in [1.54, 1.807) is 18.2 Å². The van der Waals surface area contributed by atoms with Crippen LogP contribution in [0.4, 0.5) is 4.39 Å². The van der Waals surface area contributed by atoms with E-state index in [2.05, 4.69) is 0 Å². The molecule has 24 heavy (non-hydrogen) atoms. The molecule has 1 aliphatic rings. The molecule has 0 spiro atoms. The Bertz CT molecular complexity index is 884. The van der Waals surface area contributed by atoms with Crippen LogP contribution in [0.15, 0.2) is 59.5 Å². The van der Waals surface area contributed by atoms with Crippen LogP contribution in [0.2, 0.25) is 0 Å². The lowest BCUT2D eigenvalue weighted by Gasteiger charge is -2.10. The third-order valence-electron chi connectivity index (χ3n) is 4.61. The van der Waals surface area contributed by atoms with Gasteiger partial charge in [0, 0.05) is 12.5 Å². The molecule has 0 aliphatic heterocycles. The zero-order valence-corrected chi connectivity index (χ0v) is 13.4. The highest BCUT2D eigenvalue weighted by Gasteiger charge is 2.75. The number of carboxylic acids is 1. The molecule has 5 nitrogen and oxygen atoms in total. The predicted molar refractivity (Wildman–Crippen MR) is 85.7 cm³/mol. The predicted octanol–water partition coefficient (Wildman–Crippen LogP) is 1.80. The third kappa shape index (κ3) is 2.32. The van der Waals surface area contributed by atoms with Crippen molar-refractivity contribution in [1.82, 2.24) is 0 Å². The maximum atomic E-state index is 13.5. The molecule has 0 radical (unpaired) electrons. The third-order valence-corrected chi connectivity index (χ3v) is 6.90. The van der Waals surface area contributed by atoms with Crippen molar-refractivity contribution in [2.75, 3.05) is 6.54 Å². The van der Waals surface area contributed by atoms with Gasteiger partial charge in [0.15, 0.2) is 9.84 Å². The van der Waals surface area contributed by atoms with Gasteiger partial charge in [0.25, 0.3) is 0 Å². The Morgan fingerprint density at radius 2 is 1.83 bits per heavy atom. The Morgan fingerprint density at radius 3 is 2.38 bits per heavy atom. The number of benzene rings is 2. The first-order valence-corrected chi connectivity index (χ1v) is 8.88. The zero-order chi connectivity index (χ0) is 17.5. The van der Waals surface area contributed by atoms with Gasteiger partial charge in [-0.15, -0.1) is 0 Å². The van der Waals surface area contributed by atoms with Crippen molar-refractivity contribution in [2.24, 2.45) is 11.1 Å². The fourth-order valence-corrected chi connectivity index (χ4v) is 5.78. The zero-order valence-electron chi connectivity index (χ0n) is 12.6. The van der Waals surface area contributed by atoms with Gasteiger partial charge in [0.2, 0.25) is 0 Å². The first-order valence-electron chi connectivity index (χ1n) is 7.33. The fraction of sp³-hybridized carbons (Fsp3) is 0.235. The van der Waals surface area contributed by atoms with Crippen LogP contribution in [-0.2, 0) is 14.6 Å². The first kappa shape index (κ1) is 16.6. The molecular formula is C17H16FNO4S. The summed E-state index contributed by atoms with van der Waals surface area (Å²) in [5, 5.41) is 8.42. The smallest absolute Gasteiger partial charge is 0.312 e. The molecule has 2 aromatic rings. The van der Waals surface area contributed by atoms with Gasteiger partial charge in [-0.25, -0.2) is 12.8 Å². The van der Waals surface area contributed by atoms with Crippen LogP contribution in [0.5, 0.6) is 0 Å². The largest absolute Gasteiger partial charge is 0.481 e. The Kier molecular flexibility index (Phi) is 3.93. The lowest BCUT2D eigenvalue weighted by molar-refractivity contribution is -0.143. The van der Waals surface area contributed by atoms with Crippen molar-refractivity contribution in [3.63, 3.8) is 0 Å². The van der Waals surface area contributed by atoms with E-state index in [1.165, 1.54) is 36.4 Å². The van der Waals surface area contributed by atoms with Gasteiger partial charge in [-0.3, -0.25) is 4.79 Å². The fourth-order valence-electron chi connectivity index (χ4n) is 3.37. The topological polar surface area (TPSA) is 97.5 Å². The molecule has 3 N–H and O–H groups in total. The van der Waals surface area contributed by atoms with E-state index < -0.39 is 38.2 Å². The number of nitrogens with two attached hydrogens (primary N) is 1. The summed E-state index contributed by atoms with van der Waals surface area (Å²) in [6, 6.07) is 13.0. The Morgan fingerprint density at radius 1 is 1.17 bits per heavy atom. The second-order valence-electron chi connectivity index (χ2n) is 5.86. The standard InChI is InChI=1S/C17H16FNO4S/c18-12-6-4-5-11(9-12)14-15(17(14,10-19)16(20)21)24(22,23)13-7-2-1-3-8-13/h1-9,14-15H,10,19H2,(H,20,21)/t14-,15-,17-/m0/s1. The summed E-state index contributed by atoms with van der Waals surface area (Å²) in [6.07, 6.45) is 0. The number of carbonyl (C=O) groups is 1. The molecule has 1 fully saturated rings. The Labute approximate surface area is 138 Å². The highest BCUT2D eigenvalue weighted by atomic mass is 32.2. The minimum atomic E-state index is -3.92. The number of hydrogen-bond donors (Lipinski definition) is 2. The van der Waals surface area contributed by atoms with Crippen molar-refractivity contribution in [2.45, 2.75) is 16.1 Å². The molecule has 7 heteroatoms. The van der Waals surface area contributed by atoms with Crippen LogP contribution >= 0.6 is 0 Å². The van der Waals surface area contributed by atoms with Gasteiger partial charge in [0.05, 0.1) is 10.1 Å². The van der Waals surface area contributed by atoms with Crippen LogP contribution in [-0.4, -0.2) is 31.3 Å². The molecular weight excluding hydrogens is 333 g/mol. The van der Waals surface area contributed by atoms with Gasteiger partial charge in [0.1, 0.15) is 11.2 Å². The second kappa shape index (κ2) is 5.68. The average molecular weight is 349 g/mol. The molecule has 3 rings (SSSR count). The van der Waals surface area contributed by atoms with Gasteiger partial charge in [-0.1, -0.05) is 30.3 Å². The molecule has 0 bridgehead atoms. The average Bonchev–Trinajstić information content (AvgIpc) is 3.27. The van der Waals surface area contributed by atoms with Crippen molar-refractivity contribution in [1.29, 1.82) is 0 Å². The number of sulfone groups is 1. The summed E-state index contributed by atoms with van der Waals surface area (Å²) in [5.41, 5.74) is 4.34. The number of rotatable bonds is 5. The summed E-state index contributed by atoms with van der Waals surface area (Å²) in [4.78, 5) is 11.9. The number of aliphatic carboxylic acids is 1. The molecule has 0 amide bonds. The van der Waals surface area contributed by atoms with E-state index in [1.807, 2.05) is 0 Å². The summed E-state index contributed by atoms with van der Waals surface area (Å²) < 4.78 is 39.4. The number of carboxylic acid groups (broad SMARTS) is 1. The summed E-state index contributed by atoms with van der Waals surface area (Å²) >= 11 is 0. The van der Waals surface area contributed by atoms with Crippen molar-refractivity contribution < 1.29 is 22.7 Å². The lowest BCUT2D eigenvalue weighted by Crippen LogP contribution is -2.31. The Hall–Kier alpha value is -2.25. The van der Waals surface area contributed by atoms with E-state index in [4.69, 9.17) is 5.73 Å². The quantitative estimate of drug-likeness (QED) is 0.858. The van der Waals surface area contributed by atoms with Crippen LogP contribution in [0.1, 0.15) is 11.5 Å². The number of hydrogen-bond acceptors (Lipinski definition) is 4. The molecule has 0 unspecified atom stereocenters. The first-order chi connectivity index (χ1) is 11.4. The van der Waals surface area contributed by atoms with Gasteiger partial charge < -0.3 is 10.8 Å². The molecule has 3 atom stereocenters. The minimum absolute atomic E-state index is 0.0352. The van der Waals surface area contributed by atoms with E-state index in [-0.39, 0.29) is 11.4 Å². The molecule has 1 aliphatic carbocycles. The van der Waals surface area contributed by atoms with Gasteiger partial charge in [-0.05, 0) is 29.8 Å². The van der Waals surface area contributed by atoms with Gasteiger partial charge in [-0.2, -0.15) is 0 Å². The Balaban J connectivity index is 2.13. The monoisotopic (exact) mass is 349 g/mol. The molecule has 0 heterocycles. The van der Waals surface area contributed by atoms with Crippen molar-refractivity contribution in [3.8, 4) is 0 Å². The maximum Gasteiger partial charge on any atom is 0.312 e. The highest BCUT2D eigenvalue weighted by Crippen LogP contribution is 2.63. The van der Waals surface area contributed by atoms with E-state index in [0.29, 0.717) is 5.56 Å². The van der Waals surface area contributed by atoms with E-state index >= 15 is 0 Å². The van der Waals surface area contributed by atoms with E-state index in [0.717, 1.165) is 0 Å². The summed E-state index contributed by atoms with van der Waals surface area (Å²) in [5.74, 6) is -2.73. The normalized spacial score (nSPS) is 26.1. The minimum Gasteiger partial charge on any atom is -0.481 e. The molecule has 126 valence electrons. The SMILES string of the molecule is NC[C@]1(C(=O)O)[C@@H](c2cccc(F)c2)[C@@H]1S(=O)(=O)c1ccccc1. The summed E-state index contributed by atoms with van der Waals surface area (Å²) in [7, 11) is -3.92. The molecule has 0 saturated heterocycles. The van der Waals surface area contributed by atoms with Crippen molar-refractivity contribution >= 4 is 15.8 Å². The number of halogens is 1. The molecule has 2 aromatic carbocycles. The maximum absolute atomic E-state index is 13.5. The van der Waals surface area contributed by atoms with Crippen molar-refractivity contribution in [3.05, 3.63) is 66.0 Å². The van der Waals surface area contributed by atoms with Crippen LogP contribution in [0.3, 0.4) is 0 Å². The van der Waals surface area contributed by atoms with Crippen LogP contribution < -0.4 is 5.73 Å². The lowest BCUT2D eigenvalue weighted by atomic mass is 9.99. The van der Waals surface area contributed by atoms with E-state index in [9.17, 15) is 22.7 Å². The van der Waals surface area contributed by atoms with Gasteiger partial charge >= 0.3 is 5.97 Å². The molecule has 0 aromatic heterocycles. The second-order valence-corrected chi connectivity index (χ2v) is 7.93. The molecule has 1 saturated carbocycles. The van der Waals surface area contributed by atoms with Crippen LogP contribution in [0, 0.1) is 11.2 Å².